The number of aliphatic hydroxyl groups excluding tert-OH is 1. The highest BCUT2D eigenvalue weighted by Gasteiger charge is 2.42. The lowest BCUT2D eigenvalue weighted by Gasteiger charge is -2.46. The third-order valence-corrected chi connectivity index (χ3v) is 5.33. The van der Waals surface area contributed by atoms with E-state index < -0.39 is 0 Å². The van der Waals surface area contributed by atoms with Gasteiger partial charge in [-0.25, -0.2) is 0 Å². The lowest BCUT2D eigenvalue weighted by Crippen LogP contribution is -2.53. The second-order valence-corrected chi connectivity index (χ2v) is 7.73. The molecule has 18 heavy (non-hydrogen) atoms. The highest BCUT2D eigenvalue weighted by Crippen LogP contribution is 2.41. The zero-order valence-corrected chi connectivity index (χ0v) is 12.1. The normalized spacial score (nSPS) is 36.0. The van der Waals surface area contributed by atoms with E-state index in [0.717, 1.165) is 11.8 Å². The molecular formula is C16H29NO. The first kappa shape index (κ1) is 12.9. The van der Waals surface area contributed by atoms with Crippen LogP contribution in [0.4, 0.5) is 0 Å². The van der Waals surface area contributed by atoms with E-state index in [9.17, 15) is 5.11 Å². The first-order valence-electron chi connectivity index (χ1n) is 7.98. The predicted molar refractivity (Wildman–Crippen MR) is 74.4 cm³/mol. The Morgan fingerprint density at radius 1 is 1.00 bits per heavy atom. The van der Waals surface area contributed by atoms with Crippen molar-refractivity contribution in [1.82, 2.24) is 4.90 Å². The van der Waals surface area contributed by atoms with E-state index in [1.165, 1.54) is 58.0 Å². The molecule has 0 bridgehead atoms. The summed E-state index contributed by atoms with van der Waals surface area (Å²) < 4.78 is 0. The summed E-state index contributed by atoms with van der Waals surface area (Å²) in [6.07, 6.45) is 9.26. The van der Waals surface area contributed by atoms with Gasteiger partial charge in [0, 0.05) is 19.1 Å². The van der Waals surface area contributed by atoms with Gasteiger partial charge in [0.15, 0.2) is 0 Å². The molecule has 2 unspecified atom stereocenters. The molecule has 0 aromatic heterocycles. The number of hydrogen-bond donors (Lipinski definition) is 1. The number of rotatable bonds is 5. The average Bonchev–Trinajstić information content (AvgIpc) is 3.16. The van der Waals surface area contributed by atoms with Crippen LogP contribution in [0.5, 0.6) is 0 Å². The summed E-state index contributed by atoms with van der Waals surface area (Å²) in [6.45, 7) is 7.01. The van der Waals surface area contributed by atoms with Gasteiger partial charge in [-0.3, -0.25) is 4.90 Å². The van der Waals surface area contributed by atoms with E-state index in [1.54, 1.807) is 0 Å². The van der Waals surface area contributed by atoms with E-state index in [1.807, 2.05) is 0 Å². The molecule has 2 atom stereocenters. The smallest absolute Gasteiger partial charge is 0.0746 e. The Morgan fingerprint density at radius 2 is 1.56 bits per heavy atom. The van der Waals surface area contributed by atoms with Crippen LogP contribution in [0, 0.1) is 17.3 Å². The molecule has 0 radical (unpaired) electrons. The monoisotopic (exact) mass is 251 g/mol. The second kappa shape index (κ2) is 4.79. The Hall–Kier alpha value is -0.0800. The highest BCUT2D eigenvalue weighted by molar-refractivity contribution is 4.96. The fraction of sp³-hybridized carbons (Fsp3) is 1.00. The second-order valence-electron chi connectivity index (χ2n) is 7.73. The van der Waals surface area contributed by atoms with Gasteiger partial charge in [0.25, 0.3) is 0 Å². The Kier molecular flexibility index (Phi) is 3.44. The van der Waals surface area contributed by atoms with Crippen molar-refractivity contribution in [3.63, 3.8) is 0 Å². The van der Waals surface area contributed by atoms with Gasteiger partial charge < -0.3 is 5.11 Å². The molecular weight excluding hydrogens is 222 g/mol. The van der Waals surface area contributed by atoms with Crippen molar-refractivity contribution in [2.45, 2.75) is 70.9 Å². The van der Waals surface area contributed by atoms with Crippen molar-refractivity contribution in [2.24, 2.45) is 17.3 Å². The van der Waals surface area contributed by atoms with Gasteiger partial charge in [-0.15, -0.1) is 0 Å². The van der Waals surface area contributed by atoms with E-state index >= 15 is 0 Å². The lowest BCUT2D eigenvalue weighted by atomic mass is 9.72. The van der Waals surface area contributed by atoms with Crippen molar-refractivity contribution < 1.29 is 5.11 Å². The van der Waals surface area contributed by atoms with Crippen LogP contribution in [0.1, 0.15) is 58.8 Å². The lowest BCUT2D eigenvalue weighted by molar-refractivity contribution is -0.0596. The minimum absolute atomic E-state index is 0.119. The number of nitrogens with zero attached hydrogens (tertiary/aromatic N) is 1. The maximum Gasteiger partial charge on any atom is 0.0746 e. The van der Waals surface area contributed by atoms with Crippen LogP contribution in [0.3, 0.4) is 0 Å². The quantitative estimate of drug-likeness (QED) is 0.812. The minimum Gasteiger partial charge on any atom is -0.391 e. The molecule has 0 aromatic carbocycles. The molecule has 3 fully saturated rings. The fourth-order valence-corrected chi connectivity index (χ4v) is 3.59. The third-order valence-electron chi connectivity index (χ3n) is 5.33. The number of hydrogen-bond acceptors (Lipinski definition) is 2. The molecule has 2 nitrogen and oxygen atoms in total. The molecule has 0 heterocycles. The molecule has 104 valence electrons. The zero-order valence-electron chi connectivity index (χ0n) is 12.1. The SMILES string of the molecule is CC1(C)CCCC(N(CC2CC2)CC2CC2)C1O. The van der Waals surface area contributed by atoms with E-state index in [2.05, 4.69) is 18.7 Å². The van der Waals surface area contributed by atoms with Crippen LogP contribution in [-0.2, 0) is 0 Å². The number of aliphatic hydroxyl groups is 1. The van der Waals surface area contributed by atoms with Crippen LogP contribution >= 0.6 is 0 Å². The van der Waals surface area contributed by atoms with E-state index in [0.29, 0.717) is 6.04 Å². The molecule has 3 saturated carbocycles. The van der Waals surface area contributed by atoms with Gasteiger partial charge in [-0.05, 0) is 55.8 Å². The maximum absolute atomic E-state index is 10.7. The summed E-state index contributed by atoms with van der Waals surface area (Å²) in [6, 6.07) is 0.440. The Balaban J connectivity index is 1.66. The van der Waals surface area contributed by atoms with Crippen molar-refractivity contribution in [3.05, 3.63) is 0 Å². The van der Waals surface area contributed by atoms with Crippen molar-refractivity contribution in [3.8, 4) is 0 Å². The molecule has 1 N–H and O–H groups in total. The van der Waals surface area contributed by atoms with Gasteiger partial charge in [-0.1, -0.05) is 20.3 Å². The largest absolute Gasteiger partial charge is 0.391 e. The van der Waals surface area contributed by atoms with Crippen LogP contribution in [0.2, 0.25) is 0 Å². The third kappa shape index (κ3) is 2.91. The summed E-state index contributed by atoms with van der Waals surface area (Å²) in [4.78, 5) is 2.67. The molecule has 0 saturated heterocycles. The molecule has 0 aromatic rings. The van der Waals surface area contributed by atoms with Crippen LogP contribution in [0.15, 0.2) is 0 Å². The first-order valence-corrected chi connectivity index (χ1v) is 7.98. The first-order chi connectivity index (χ1) is 8.56. The zero-order chi connectivity index (χ0) is 12.8. The van der Waals surface area contributed by atoms with Crippen LogP contribution < -0.4 is 0 Å². The summed E-state index contributed by atoms with van der Waals surface area (Å²) in [5.74, 6) is 1.89. The molecule has 3 aliphatic rings. The summed E-state index contributed by atoms with van der Waals surface area (Å²) in [7, 11) is 0. The van der Waals surface area contributed by atoms with E-state index in [-0.39, 0.29) is 11.5 Å². The van der Waals surface area contributed by atoms with E-state index in [4.69, 9.17) is 0 Å². The highest BCUT2D eigenvalue weighted by atomic mass is 16.3. The fourth-order valence-electron chi connectivity index (χ4n) is 3.59. The van der Waals surface area contributed by atoms with Gasteiger partial charge >= 0.3 is 0 Å². The molecule has 2 heteroatoms. The topological polar surface area (TPSA) is 23.5 Å². The summed E-state index contributed by atoms with van der Waals surface area (Å²) in [5, 5.41) is 10.7. The molecule has 0 amide bonds. The molecule has 0 aliphatic heterocycles. The van der Waals surface area contributed by atoms with Crippen molar-refractivity contribution in [2.75, 3.05) is 13.1 Å². The van der Waals surface area contributed by atoms with Gasteiger partial charge in [0.2, 0.25) is 0 Å². The Morgan fingerprint density at radius 3 is 2.06 bits per heavy atom. The molecule has 3 rings (SSSR count). The summed E-state index contributed by atoms with van der Waals surface area (Å²) in [5.41, 5.74) is 0.119. The van der Waals surface area contributed by atoms with Crippen LogP contribution in [-0.4, -0.2) is 35.2 Å². The Labute approximate surface area is 112 Å². The van der Waals surface area contributed by atoms with Gasteiger partial charge in [0.1, 0.15) is 0 Å². The minimum atomic E-state index is -0.122. The maximum atomic E-state index is 10.7. The van der Waals surface area contributed by atoms with Gasteiger partial charge in [-0.2, -0.15) is 0 Å². The van der Waals surface area contributed by atoms with Crippen LogP contribution in [0.25, 0.3) is 0 Å². The molecule has 3 aliphatic carbocycles. The van der Waals surface area contributed by atoms with Gasteiger partial charge in [0.05, 0.1) is 6.10 Å². The average molecular weight is 251 g/mol. The van der Waals surface area contributed by atoms with Crippen molar-refractivity contribution >= 4 is 0 Å². The summed E-state index contributed by atoms with van der Waals surface area (Å²) >= 11 is 0. The standard InChI is InChI=1S/C16H29NO/c1-16(2)9-3-4-14(15(16)18)17(10-12-5-6-12)11-13-7-8-13/h12-15,18H,3-11H2,1-2H3. The molecule has 0 spiro atoms. The Bertz CT molecular complexity index is 279. The predicted octanol–water partition coefficient (Wildman–Crippen LogP) is 3.05. The van der Waals surface area contributed by atoms with Crippen molar-refractivity contribution in [1.29, 1.82) is 0 Å².